The number of hydrogen-bond acceptors (Lipinski definition) is 5. The molecule has 0 unspecified atom stereocenters. The number of carbonyl (C=O) groups is 2. The van der Waals surface area contributed by atoms with Crippen LogP contribution in [0.4, 0.5) is 5.69 Å². The second-order valence-electron chi connectivity index (χ2n) is 4.49. The van der Waals surface area contributed by atoms with Crippen LogP contribution in [0.1, 0.15) is 0 Å². The number of H-pyrrole nitrogens is 1. The number of fused-ring (bicyclic) bond motifs is 1. The predicted molar refractivity (Wildman–Crippen MR) is 79.3 cm³/mol. The van der Waals surface area contributed by atoms with E-state index in [0.29, 0.717) is 5.69 Å². The van der Waals surface area contributed by atoms with Crippen molar-refractivity contribution >= 4 is 44.3 Å². The van der Waals surface area contributed by atoms with Crippen molar-refractivity contribution in [1.82, 2.24) is 15.1 Å². The number of β-amino-alcohol motifs (C(OH)–C–C–N with tert-alkyl or cyclic N) is 1. The van der Waals surface area contributed by atoms with E-state index in [1.54, 1.807) is 12.3 Å². The van der Waals surface area contributed by atoms with Gasteiger partial charge in [0, 0.05) is 15.9 Å². The van der Waals surface area contributed by atoms with Crippen molar-refractivity contribution < 1.29 is 14.7 Å². The van der Waals surface area contributed by atoms with E-state index < -0.39 is 11.8 Å². The molecule has 3 rings (SSSR count). The standard InChI is InChI=1S/C13H11BrN4O3/c14-8-3-7-6-15-17-9(7)4-10(8)16-11-5-12(20)18(1-2-19)13(11)21/h3-6,16,19H,1-2H2,(H,15,17). The zero-order valence-electron chi connectivity index (χ0n) is 10.8. The van der Waals surface area contributed by atoms with E-state index >= 15 is 0 Å². The first-order chi connectivity index (χ1) is 10.1. The first kappa shape index (κ1) is 13.8. The van der Waals surface area contributed by atoms with Gasteiger partial charge in [-0.1, -0.05) is 0 Å². The van der Waals surface area contributed by atoms with Crippen LogP contribution in [0, 0.1) is 0 Å². The Labute approximate surface area is 127 Å². The fraction of sp³-hybridized carbons (Fsp3) is 0.154. The van der Waals surface area contributed by atoms with Crippen LogP contribution in [0.5, 0.6) is 0 Å². The summed E-state index contributed by atoms with van der Waals surface area (Å²) in [4.78, 5) is 24.7. The number of aromatic nitrogens is 2. The van der Waals surface area contributed by atoms with E-state index in [-0.39, 0.29) is 18.8 Å². The Morgan fingerprint density at radius 1 is 1.38 bits per heavy atom. The molecular formula is C13H11BrN4O3. The number of rotatable bonds is 4. The number of nitrogens with one attached hydrogen (secondary N) is 2. The Hall–Kier alpha value is -2.19. The van der Waals surface area contributed by atoms with Crippen LogP contribution >= 0.6 is 15.9 Å². The lowest BCUT2D eigenvalue weighted by Gasteiger charge is -2.14. The second kappa shape index (κ2) is 5.30. The summed E-state index contributed by atoms with van der Waals surface area (Å²) in [7, 11) is 0. The SMILES string of the molecule is O=C1C=C(Nc2cc3[nH]ncc3cc2Br)C(=O)N1CCO. The molecule has 0 spiro atoms. The van der Waals surface area contributed by atoms with Crippen LogP contribution < -0.4 is 5.32 Å². The number of halogens is 1. The first-order valence-electron chi connectivity index (χ1n) is 6.18. The summed E-state index contributed by atoms with van der Waals surface area (Å²) in [5.74, 6) is -0.888. The van der Waals surface area contributed by atoms with E-state index in [4.69, 9.17) is 5.11 Å². The first-order valence-corrected chi connectivity index (χ1v) is 6.97. The average Bonchev–Trinajstić information content (AvgIpc) is 2.99. The Bertz CT molecular complexity index is 768. The molecule has 3 N–H and O–H groups in total. The Morgan fingerprint density at radius 2 is 2.19 bits per heavy atom. The number of carbonyl (C=O) groups excluding carboxylic acids is 2. The molecular weight excluding hydrogens is 340 g/mol. The summed E-state index contributed by atoms with van der Waals surface area (Å²) in [6, 6.07) is 3.65. The normalized spacial score (nSPS) is 15.0. The molecule has 2 heterocycles. The van der Waals surface area contributed by atoms with Gasteiger partial charge in [0.25, 0.3) is 11.8 Å². The van der Waals surface area contributed by atoms with Gasteiger partial charge in [-0.3, -0.25) is 19.6 Å². The van der Waals surface area contributed by atoms with E-state index in [9.17, 15) is 9.59 Å². The smallest absolute Gasteiger partial charge is 0.277 e. The number of nitrogens with zero attached hydrogens (tertiary/aromatic N) is 2. The third-order valence-corrected chi connectivity index (χ3v) is 3.79. The number of hydrogen-bond donors (Lipinski definition) is 3. The van der Waals surface area contributed by atoms with Crippen molar-refractivity contribution in [3.05, 3.63) is 34.6 Å². The van der Waals surface area contributed by atoms with Gasteiger partial charge in [-0.05, 0) is 28.1 Å². The third kappa shape index (κ3) is 2.43. The summed E-state index contributed by atoms with van der Waals surface area (Å²) in [5, 5.41) is 19.5. The molecule has 21 heavy (non-hydrogen) atoms. The molecule has 2 amide bonds. The summed E-state index contributed by atoms with van der Waals surface area (Å²) in [6.45, 7) is -0.275. The number of imide groups is 1. The Morgan fingerprint density at radius 3 is 2.95 bits per heavy atom. The highest BCUT2D eigenvalue weighted by atomic mass is 79.9. The number of benzene rings is 1. The van der Waals surface area contributed by atoms with Gasteiger partial charge >= 0.3 is 0 Å². The largest absolute Gasteiger partial charge is 0.395 e. The molecule has 0 radical (unpaired) electrons. The van der Waals surface area contributed by atoms with Crippen LogP contribution in [0.2, 0.25) is 0 Å². The lowest BCUT2D eigenvalue weighted by Crippen LogP contribution is -2.34. The maximum absolute atomic E-state index is 12.1. The number of aliphatic hydroxyl groups is 1. The molecule has 0 saturated heterocycles. The highest BCUT2D eigenvalue weighted by Gasteiger charge is 2.30. The molecule has 0 aliphatic carbocycles. The van der Waals surface area contributed by atoms with Crippen molar-refractivity contribution in [3.63, 3.8) is 0 Å². The van der Waals surface area contributed by atoms with Gasteiger partial charge in [0.2, 0.25) is 0 Å². The van der Waals surface area contributed by atoms with Gasteiger partial charge in [-0.25, -0.2) is 0 Å². The molecule has 1 aliphatic heterocycles. The monoisotopic (exact) mass is 350 g/mol. The number of aliphatic hydroxyl groups excluding tert-OH is 1. The number of anilines is 1. The quantitative estimate of drug-likeness (QED) is 0.714. The third-order valence-electron chi connectivity index (χ3n) is 3.13. The minimum atomic E-state index is -0.453. The number of amides is 2. The molecule has 1 aliphatic rings. The molecule has 108 valence electrons. The zero-order chi connectivity index (χ0) is 15.0. The van der Waals surface area contributed by atoms with Crippen LogP contribution in [0.3, 0.4) is 0 Å². The van der Waals surface area contributed by atoms with Gasteiger partial charge in [0.05, 0.1) is 30.6 Å². The second-order valence-corrected chi connectivity index (χ2v) is 5.35. The van der Waals surface area contributed by atoms with Gasteiger partial charge in [-0.2, -0.15) is 5.10 Å². The van der Waals surface area contributed by atoms with Crippen molar-refractivity contribution in [2.75, 3.05) is 18.5 Å². The molecule has 0 bridgehead atoms. The van der Waals surface area contributed by atoms with Crippen LogP contribution in [-0.4, -0.2) is 45.2 Å². The Balaban J connectivity index is 1.88. The van der Waals surface area contributed by atoms with Crippen molar-refractivity contribution in [2.45, 2.75) is 0 Å². The van der Waals surface area contributed by atoms with Gasteiger partial charge in [0.15, 0.2) is 0 Å². The van der Waals surface area contributed by atoms with Crippen molar-refractivity contribution in [1.29, 1.82) is 0 Å². The van der Waals surface area contributed by atoms with Crippen LogP contribution in [-0.2, 0) is 9.59 Å². The summed E-state index contributed by atoms with van der Waals surface area (Å²) in [6.07, 6.45) is 2.91. The van der Waals surface area contributed by atoms with Crippen molar-refractivity contribution in [2.24, 2.45) is 0 Å². The maximum atomic E-state index is 12.1. The van der Waals surface area contributed by atoms with Crippen LogP contribution in [0.15, 0.2) is 34.6 Å². The molecule has 1 aromatic carbocycles. The maximum Gasteiger partial charge on any atom is 0.277 e. The molecule has 0 saturated carbocycles. The van der Waals surface area contributed by atoms with E-state index in [1.165, 1.54) is 6.08 Å². The molecule has 1 aromatic heterocycles. The number of aromatic amines is 1. The van der Waals surface area contributed by atoms with E-state index in [1.807, 2.05) is 6.07 Å². The molecule has 2 aromatic rings. The summed E-state index contributed by atoms with van der Waals surface area (Å²) >= 11 is 3.41. The Kier molecular flexibility index (Phi) is 3.48. The lowest BCUT2D eigenvalue weighted by molar-refractivity contribution is -0.137. The highest BCUT2D eigenvalue weighted by Crippen LogP contribution is 2.29. The summed E-state index contributed by atoms with van der Waals surface area (Å²) < 4.78 is 0.748. The highest BCUT2D eigenvalue weighted by molar-refractivity contribution is 9.10. The van der Waals surface area contributed by atoms with Gasteiger partial charge < -0.3 is 10.4 Å². The fourth-order valence-corrected chi connectivity index (χ4v) is 2.57. The fourth-order valence-electron chi connectivity index (χ4n) is 2.11. The van der Waals surface area contributed by atoms with E-state index in [2.05, 4.69) is 31.4 Å². The average molecular weight is 351 g/mol. The van der Waals surface area contributed by atoms with Crippen molar-refractivity contribution in [3.8, 4) is 0 Å². The van der Waals surface area contributed by atoms with Gasteiger partial charge in [0.1, 0.15) is 5.70 Å². The molecule has 0 atom stereocenters. The molecule has 8 heteroatoms. The minimum Gasteiger partial charge on any atom is -0.395 e. The van der Waals surface area contributed by atoms with Gasteiger partial charge in [-0.15, -0.1) is 0 Å². The summed E-state index contributed by atoms with van der Waals surface area (Å²) in [5.41, 5.74) is 1.63. The van der Waals surface area contributed by atoms with E-state index in [0.717, 1.165) is 20.3 Å². The predicted octanol–water partition coefficient (Wildman–Crippen LogP) is 0.982. The topological polar surface area (TPSA) is 98.3 Å². The zero-order valence-corrected chi connectivity index (χ0v) is 12.3. The lowest BCUT2D eigenvalue weighted by atomic mass is 10.2. The minimum absolute atomic E-state index is 0.0138. The molecule has 0 fully saturated rings. The van der Waals surface area contributed by atoms with Crippen LogP contribution in [0.25, 0.3) is 10.9 Å². The molecule has 7 nitrogen and oxygen atoms in total.